The number of hydrogen-bond donors (Lipinski definition) is 1. The molecule has 0 unspecified atom stereocenters. The third kappa shape index (κ3) is 5.69. The number of anilines is 1. The number of nitrogens with zero attached hydrogens (tertiary/aromatic N) is 1. The average Bonchev–Trinajstić information content (AvgIpc) is 3.01. The van der Waals surface area contributed by atoms with Gasteiger partial charge in [-0.15, -0.1) is 0 Å². The molecule has 174 valence electrons. The number of imide groups is 1. The van der Waals surface area contributed by atoms with Crippen LogP contribution in [0.4, 0.5) is 23.7 Å². The smallest absolute Gasteiger partial charge is 0.416 e. The molecule has 33 heavy (non-hydrogen) atoms. The normalized spacial score (nSPS) is 15.2. The van der Waals surface area contributed by atoms with Gasteiger partial charge in [-0.1, -0.05) is 22.0 Å². The summed E-state index contributed by atoms with van der Waals surface area (Å²) in [5.74, 6) is -0.649. The van der Waals surface area contributed by atoms with Gasteiger partial charge in [-0.25, -0.2) is 0 Å². The minimum atomic E-state index is -4.57. The number of halogens is 4. The van der Waals surface area contributed by atoms with E-state index >= 15 is 0 Å². The molecule has 0 aliphatic carbocycles. The number of carbonyl (C=O) groups excluding carboxylic acids is 3. The molecule has 0 saturated carbocycles. The zero-order valence-electron chi connectivity index (χ0n) is 17.2. The van der Waals surface area contributed by atoms with E-state index in [2.05, 4.69) is 21.2 Å². The van der Waals surface area contributed by atoms with Gasteiger partial charge in [-0.05, 0) is 53.7 Å². The summed E-state index contributed by atoms with van der Waals surface area (Å²) in [5, 5.41) is 1.59. The fourth-order valence-electron chi connectivity index (χ4n) is 2.88. The Morgan fingerprint density at radius 1 is 1.15 bits per heavy atom. The zero-order chi connectivity index (χ0) is 24.3. The van der Waals surface area contributed by atoms with Crippen LogP contribution in [0.5, 0.6) is 11.5 Å². The number of nitrogens with one attached hydrogen (secondary N) is 1. The zero-order valence-corrected chi connectivity index (χ0v) is 19.6. The quantitative estimate of drug-likeness (QED) is 0.505. The lowest BCUT2D eigenvalue weighted by Crippen LogP contribution is -2.36. The van der Waals surface area contributed by atoms with Crippen LogP contribution >= 0.6 is 27.7 Å². The molecule has 1 N–H and O–H groups in total. The van der Waals surface area contributed by atoms with E-state index in [1.165, 1.54) is 26.4 Å². The van der Waals surface area contributed by atoms with E-state index in [1.54, 1.807) is 12.1 Å². The highest BCUT2D eigenvalue weighted by Crippen LogP contribution is 2.38. The fourth-order valence-corrected chi connectivity index (χ4v) is 4.14. The van der Waals surface area contributed by atoms with Crippen molar-refractivity contribution in [2.24, 2.45) is 0 Å². The molecule has 1 aliphatic heterocycles. The van der Waals surface area contributed by atoms with Crippen molar-refractivity contribution in [2.75, 3.05) is 26.1 Å². The molecule has 0 aromatic heterocycles. The van der Waals surface area contributed by atoms with Gasteiger partial charge in [0.1, 0.15) is 6.54 Å². The van der Waals surface area contributed by atoms with Crippen LogP contribution in [-0.4, -0.2) is 42.7 Å². The maximum Gasteiger partial charge on any atom is 0.416 e. The Labute approximate surface area is 199 Å². The first-order chi connectivity index (χ1) is 15.5. The first-order valence-electron chi connectivity index (χ1n) is 9.17. The SMILES string of the molecule is COc1cc(Br)c(/C=C2\SC(=O)N(CC(=O)Nc3cccc(C(F)(F)F)c3)C2=O)cc1OC. The third-order valence-electron chi connectivity index (χ3n) is 4.44. The Bertz CT molecular complexity index is 1150. The summed E-state index contributed by atoms with van der Waals surface area (Å²) in [5.41, 5.74) is -0.506. The number of thioether (sulfide) groups is 1. The number of rotatable bonds is 6. The Balaban J connectivity index is 1.75. The Morgan fingerprint density at radius 3 is 2.45 bits per heavy atom. The van der Waals surface area contributed by atoms with E-state index in [9.17, 15) is 27.6 Å². The van der Waals surface area contributed by atoms with Crippen molar-refractivity contribution >= 4 is 56.5 Å². The van der Waals surface area contributed by atoms with Crippen molar-refractivity contribution in [2.45, 2.75) is 6.18 Å². The molecule has 0 atom stereocenters. The van der Waals surface area contributed by atoms with Crippen molar-refractivity contribution < 1.29 is 37.0 Å². The molecule has 3 amide bonds. The lowest BCUT2D eigenvalue weighted by Gasteiger charge is -2.13. The van der Waals surface area contributed by atoms with Gasteiger partial charge >= 0.3 is 6.18 Å². The molecule has 0 radical (unpaired) electrons. The number of benzene rings is 2. The van der Waals surface area contributed by atoms with Gasteiger partial charge in [0.2, 0.25) is 5.91 Å². The summed E-state index contributed by atoms with van der Waals surface area (Å²) in [6.07, 6.45) is -3.11. The van der Waals surface area contributed by atoms with E-state index in [1.807, 2.05) is 0 Å². The topological polar surface area (TPSA) is 84.9 Å². The maximum absolute atomic E-state index is 12.8. The molecule has 1 heterocycles. The second kappa shape index (κ2) is 9.87. The molecule has 3 rings (SSSR count). The number of alkyl halides is 3. The molecule has 2 aromatic carbocycles. The van der Waals surface area contributed by atoms with Gasteiger partial charge in [-0.2, -0.15) is 13.2 Å². The van der Waals surface area contributed by atoms with Crippen LogP contribution in [0.15, 0.2) is 45.8 Å². The molecule has 1 fully saturated rings. The first-order valence-corrected chi connectivity index (χ1v) is 10.8. The lowest BCUT2D eigenvalue weighted by molar-refractivity contribution is -0.137. The van der Waals surface area contributed by atoms with Crippen molar-refractivity contribution in [3.05, 3.63) is 56.9 Å². The molecular formula is C21H16BrF3N2O5S. The van der Waals surface area contributed by atoms with Gasteiger partial charge in [0.05, 0.1) is 24.7 Å². The number of carbonyl (C=O) groups is 3. The van der Waals surface area contributed by atoms with Crippen molar-refractivity contribution in [3.63, 3.8) is 0 Å². The number of ether oxygens (including phenoxy) is 2. The van der Waals surface area contributed by atoms with Crippen LogP contribution in [0.3, 0.4) is 0 Å². The second-order valence-corrected chi connectivity index (χ2v) is 8.47. The summed E-state index contributed by atoms with van der Waals surface area (Å²) in [7, 11) is 2.92. The summed E-state index contributed by atoms with van der Waals surface area (Å²) in [6.45, 7) is -0.647. The summed E-state index contributed by atoms with van der Waals surface area (Å²) in [6, 6.07) is 7.29. The average molecular weight is 545 g/mol. The minimum Gasteiger partial charge on any atom is -0.493 e. The monoisotopic (exact) mass is 544 g/mol. The van der Waals surface area contributed by atoms with Gasteiger partial charge < -0.3 is 14.8 Å². The highest BCUT2D eigenvalue weighted by atomic mass is 79.9. The molecule has 1 saturated heterocycles. The summed E-state index contributed by atoms with van der Waals surface area (Å²) >= 11 is 4.00. The van der Waals surface area contributed by atoms with Gasteiger partial charge in [0.25, 0.3) is 11.1 Å². The van der Waals surface area contributed by atoms with Crippen LogP contribution in [0, 0.1) is 0 Å². The molecular weight excluding hydrogens is 529 g/mol. The Hall–Kier alpha value is -2.99. The molecule has 12 heteroatoms. The highest BCUT2D eigenvalue weighted by molar-refractivity contribution is 9.10. The van der Waals surface area contributed by atoms with Crippen molar-refractivity contribution in [3.8, 4) is 11.5 Å². The van der Waals surface area contributed by atoms with Crippen LogP contribution in [0.1, 0.15) is 11.1 Å². The van der Waals surface area contributed by atoms with E-state index in [0.717, 1.165) is 18.2 Å². The van der Waals surface area contributed by atoms with Crippen LogP contribution < -0.4 is 14.8 Å². The molecule has 2 aromatic rings. The van der Waals surface area contributed by atoms with Gasteiger partial charge in [-0.3, -0.25) is 19.3 Å². The summed E-state index contributed by atoms with van der Waals surface area (Å²) < 4.78 is 49.5. The Morgan fingerprint density at radius 2 is 1.82 bits per heavy atom. The predicted molar refractivity (Wildman–Crippen MR) is 120 cm³/mol. The van der Waals surface area contributed by atoms with Gasteiger partial charge in [0.15, 0.2) is 11.5 Å². The molecule has 7 nitrogen and oxygen atoms in total. The molecule has 0 spiro atoms. The summed E-state index contributed by atoms with van der Waals surface area (Å²) in [4.78, 5) is 38.1. The van der Waals surface area contributed by atoms with Gasteiger partial charge in [0, 0.05) is 10.2 Å². The van der Waals surface area contributed by atoms with Crippen LogP contribution in [-0.2, 0) is 15.8 Å². The third-order valence-corrected chi connectivity index (χ3v) is 6.03. The minimum absolute atomic E-state index is 0.0692. The first kappa shape index (κ1) is 24.6. The van der Waals surface area contributed by atoms with E-state index < -0.39 is 35.3 Å². The standard InChI is InChI=1S/C21H16BrF3N2O5S/c1-31-15-6-11(14(22)9-16(15)32-2)7-17-19(29)27(20(30)33-17)10-18(28)26-13-5-3-4-12(8-13)21(23,24)25/h3-9H,10H2,1-2H3,(H,26,28)/b17-7-. The lowest BCUT2D eigenvalue weighted by atomic mass is 10.2. The van der Waals surface area contributed by atoms with Crippen molar-refractivity contribution in [1.82, 2.24) is 4.90 Å². The van der Waals surface area contributed by atoms with E-state index in [4.69, 9.17) is 9.47 Å². The van der Waals surface area contributed by atoms with Crippen LogP contribution in [0.2, 0.25) is 0 Å². The number of methoxy groups -OCH3 is 2. The van der Waals surface area contributed by atoms with Crippen molar-refractivity contribution in [1.29, 1.82) is 0 Å². The predicted octanol–water partition coefficient (Wildman–Crippen LogP) is 5.16. The number of hydrogen-bond acceptors (Lipinski definition) is 6. The fraction of sp³-hybridized carbons (Fsp3) is 0.190. The second-order valence-electron chi connectivity index (χ2n) is 6.62. The number of amides is 3. The highest BCUT2D eigenvalue weighted by Gasteiger charge is 2.36. The largest absolute Gasteiger partial charge is 0.493 e. The van der Waals surface area contributed by atoms with E-state index in [-0.39, 0.29) is 10.6 Å². The van der Waals surface area contributed by atoms with E-state index in [0.29, 0.717) is 38.2 Å². The molecule has 1 aliphatic rings. The molecule has 0 bridgehead atoms. The van der Waals surface area contributed by atoms with Crippen LogP contribution in [0.25, 0.3) is 6.08 Å². The Kier molecular flexibility index (Phi) is 7.38. The maximum atomic E-state index is 12.8.